The maximum Gasteiger partial charge on any atom is 0.303 e. The fourth-order valence-corrected chi connectivity index (χ4v) is 2.05. The molecule has 1 rings (SSSR count). The molecule has 5 heteroatoms. The van der Waals surface area contributed by atoms with E-state index in [0.717, 1.165) is 0 Å². The number of carbonyl (C=O) groups is 2. The Kier molecular flexibility index (Phi) is 6.81. The predicted octanol–water partition coefficient (Wildman–Crippen LogP) is 3.48. The largest absolute Gasteiger partial charge is 0.481 e. The highest BCUT2D eigenvalue weighted by Gasteiger charge is 2.20. The van der Waals surface area contributed by atoms with Gasteiger partial charge in [0, 0.05) is 18.2 Å². The van der Waals surface area contributed by atoms with Gasteiger partial charge in [0.25, 0.3) is 5.91 Å². The van der Waals surface area contributed by atoms with Crippen LogP contribution in [0.15, 0.2) is 42.6 Å². The lowest BCUT2D eigenvalue weighted by Gasteiger charge is -2.24. The van der Waals surface area contributed by atoms with Gasteiger partial charge in [-0.1, -0.05) is 35.9 Å². The predicted molar refractivity (Wildman–Crippen MR) is 78.6 cm³/mol. The van der Waals surface area contributed by atoms with Crippen LogP contribution < -0.4 is 0 Å². The van der Waals surface area contributed by atoms with Crippen molar-refractivity contribution in [3.8, 4) is 0 Å². The lowest BCUT2D eigenvalue weighted by molar-refractivity contribution is -0.137. The number of halogens is 1. The molecule has 1 aromatic carbocycles. The van der Waals surface area contributed by atoms with Crippen molar-refractivity contribution in [2.45, 2.75) is 31.7 Å². The molecule has 1 N–H and O–H groups in total. The second-order valence-corrected chi connectivity index (χ2v) is 4.79. The second kappa shape index (κ2) is 8.38. The standard InChI is InChI=1S/C15H18ClNO3/c1-2-11-17(13(16)9-6-10-14(18)19)15(20)12-7-4-3-5-8-12/h2-5,7-8,11,13H,6,9-10H2,1H3,(H,18,19). The lowest BCUT2D eigenvalue weighted by atomic mass is 10.2. The van der Waals surface area contributed by atoms with Gasteiger partial charge in [-0.15, -0.1) is 0 Å². The number of hydrogen-bond donors (Lipinski definition) is 1. The summed E-state index contributed by atoms with van der Waals surface area (Å²) in [4.78, 5) is 24.3. The molecule has 0 aliphatic rings. The normalized spacial score (nSPS) is 12.3. The van der Waals surface area contributed by atoms with Gasteiger partial charge >= 0.3 is 5.97 Å². The number of benzene rings is 1. The molecule has 0 heterocycles. The molecule has 0 aromatic heterocycles. The van der Waals surface area contributed by atoms with Crippen LogP contribution in [0.2, 0.25) is 0 Å². The summed E-state index contributed by atoms with van der Waals surface area (Å²) < 4.78 is 0. The van der Waals surface area contributed by atoms with Crippen LogP contribution in [-0.4, -0.2) is 27.4 Å². The Labute approximate surface area is 123 Å². The molecular formula is C15H18ClNO3. The van der Waals surface area contributed by atoms with E-state index in [0.29, 0.717) is 18.4 Å². The van der Waals surface area contributed by atoms with Gasteiger partial charge in [0.2, 0.25) is 0 Å². The Morgan fingerprint density at radius 2 is 2.00 bits per heavy atom. The summed E-state index contributed by atoms with van der Waals surface area (Å²) in [5.74, 6) is -1.06. The number of nitrogens with zero attached hydrogens (tertiary/aromatic N) is 1. The van der Waals surface area contributed by atoms with Crippen molar-refractivity contribution in [1.82, 2.24) is 4.90 Å². The highest BCUT2D eigenvalue weighted by atomic mass is 35.5. The third-order valence-corrected chi connectivity index (χ3v) is 3.13. The summed E-state index contributed by atoms with van der Waals surface area (Å²) in [6.45, 7) is 1.80. The van der Waals surface area contributed by atoms with Crippen LogP contribution in [0.5, 0.6) is 0 Å². The van der Waals surface area contributed by atoms with E-state index in [9.17, 15) is 9.59 Å². The van der Waals surface area contributed by atoms with Crippen molar-refractivity contribution in [2.24, 2.45) is 0 Å². The number of rotatable bonds is 7. The molecule has 1 aromatic rings. The van der Waals surface area contributed by atoms with E-state index in [4.69, 9.17) is 16.7 Å². The number of hydrogen-bond acceptors (Lipinski definition) is 2. The minimum Gasteiger partial charge on any atom is -0.481 e. The molecule has 20 heavy (non-hydrogen) atoms. The van der Waals surface area contributed by atoms with Crippen LogP contribution in [0.25, 0.3) is 0 Å². The van der Waals surface area contributed by atoms with Gasteiger partial charge in [-0.25, -0.2) is 0 Å². The molecule has 0 bridgehead atoms. The average Bonchev–Trinajstić information content (AvgIpc) is 2.44. The van der Waals surface area contributed by atoms with Crippen LogP contribution >= 0.6 is 11.6 Å². The van der Waals surface area contributed by atoms with E-state index in [1.54, 1.807) is 43.5 Å². The van der Waals surface area contributed by atoms with Gasteiger partial charge < -0.3 is 5.11 Å². The van der Waals surface area contributed by atoms with Crippen molar-refractivity contribution < 1.29 is 14.7 Å². The Morgan fingerprint density at radius 3 is 2.55 bits per heavy atom. The van der Waals surface area contributed by atoms with Gasteiger partial charge in [0.1, 0.15) is 5.50 Å². The monoisotopic (exact) mass is 295 g/mol. The van der Waals surface area contributed by atoms with E-state index in [1.165, 1.54) is 4.90 Å². The number of carboxylic acids is 1. The zero-order valence-electron chi connectivity index (χ0n) is 11.3. The highest BCUT2D eigenvalue weighted by Crippen LogP contribution is 2.17. The maximum absolute atomic E-state index is 12.3. The Hall–Kier alpha value is -1.81. The van der Waals surface area contributed by atoms with Gasteiger partial charge in [-0.3, -0.25) is 14.5 Å². The molecule has 0 saturated carbocycles. The minimum absolute atomic E-state index is 0.0480. The summed E-state index contributed by atoms with van der Waals surface area (Å²) in [6.07, 6.45) is 4.25. The van der Waals surface area contributed by atoms with Crippen LogP contribution in [0.3, 0.4) is 0 Å². The lowest BCUT2D eigenvalue weighted by Crippen LogP contribution is -2.32. The van der Waals surface area contributed by atoms with Crippen molar-refractivity contribution in [1.29, 1.82) is 0 Å². The SMILES string of the molecule is CC=CN(C(=O)c1ccccc1)C(Cl)CCCC(=O)O. The van der Waals surface area contributed by atoms with Crippen molar-refractivity contribution in [3.05, 3.63) is 48.2 Å². The number of carboxylic acid groups (broad SMARTS) is 1. The summed E-state index contributed by atoms with van der Waals surface area (Å²) in [5.41, 5.74) is -0.00672. The first kappa shape index (κ1) is 16.2. The molecule has 1 unspecified atom stereocenters. The number of alkyl halides is 1. The third-order valence-electron chi connectivity index (χ3n) is 2.70. The first-order valence-electron chi connectivity index (χ1n) is 6.42. The van der Waals surface area contributed by atoms with Crippen LogP contribution in [0, 0.1) is 0 Å². The first-order chi connectivity index (χ1) is 9.56. The van der Waals surface area contributed by atoms with Crippen molar-refractivity contribution in [2.75, 3.05) is 0 Å². The smallest absolute Gasteiger partial charge is 0.303 e. The average molecular weight is 296 g/mol. The molecule has 0 aliphatic heterocycles. The molecule has 0 spiro atoms. The van der Waals surface area contributed by atoms with Crippen molar-refractivity contribution >= 4 is 23.5 Å². The minimum atomic E-state index is -0.860. The molecule has 0 saturated heterocycles. The number of aliphatic carboxylic acids is 1. The molecule has 1 atom stereocenters. The fourth-order valence-electron chi connectivity index (χ4n) is 1.74. The number of allylic oxidation sites excluding steroid dienone is 1. The maximum atomic E-state index is 12.3. The molecule has 0 fully saturated rings. The fraction of sp³-hybridized carbons (Fsp3) is 0.333. The van der Waals surface area contributed by atoms with Crippen LogP contribution in [-0.2, 0) is 4.79 Å². The summed E-state index contributed by atoms with van der Waals surface area (Å²) in [7, 11) is 0. The second-order valence-electron chi connectivity index (χ2n) is 4.28. The van der Waals surface area contributed by atoms with Gasteiger partial charge in [-0.2, -0.15) is 0 Å². The van der Waals surface area contributed by atoms with Crippen LogP contribution in [0.4, 0.5) is 0 Å². The molecule has 1 amide bonds. The summed E-state index contributed by atoms with van der Waals surface area (Å²) >= 11 is 6.21. The topological polar surface area (TPSA) is 57.6 Å². The van der Waals surface area contributed by atoms with E-state index in [2.05, 4.69) is 0 Å². The highest BCUT2D eigenvalue weighted by molar-refractivity contribution is 6.21. The zero-order valence-corrected chi connectivity index (χ0v) is 12.1. The van der Waals surface area contributed by atoms with E-state index >= 15 is 0 Å². The Balaban J connectivity index is 2.73. The number of carbonyl (C=O) groups excluding carboxylic acids is 1. The Bertz CT molecular complexity index is 473. The molecule has 0 aliphatic carbocycles. The molecular weight excluding hydrogens is 278 g/mol. The van der Waals surface area contributed by atoms with Crippen LogP contribution in [0.1, 0.15) is 36.5 Å². The quantitative estimate of drug-likeness (QED) is 0.619. The number of amides is 1. The van der Waals surface area contributed by atoms with Gasteiger partial charge in [-0.05, 0) is 31.9 Å². The van der Waals surface area contributed by atoms with Gasteiger partial charge in [0.05, 0.1) is 0 Å². The van der Waals surface area contributed by atoms with Crippen molar-refractivity contribution in [3.63, 3.8) is 0 Å². The van der Waals surface area contributed by atoms with E-state index in [-0.39, 0.29) is 12.3 Å². The van der Waals surface area contributed by atoms with E-state index in [1.807, 2.05) is 6.07 Å². The Morgan fingerprint density at radius 1 is 1.35 bits per heavy atom. The van der Waals surface area contributed by atoms with E-state index < -0.39 is 11.5 Å². The van der Waals surface area contributed by atoms with Gasteiger partial charge in [0.15, 0.2) is 0 Å². The third kappa shape index (κ3) is 5.05. The molecule has 108 valence electrons. The summed E-state index contributed by atoms with van der Waals surface area (Å²) in [5, 5.41) is 8.62. The molecule has 0 radical (unpaired) electrons. The first-order valence-corrected chi connectivity index (χ1v) is 6.86. The summed E-state index contributed by atoms with van der Waals surface area (Å²) in [6, 6.07) is 8.85. The molecule has 4 nitrogen and oxygen atoms in total. The zero-order chi connectivity index (χ0) is 15.0.